The minimum Gasteiger partial charge on any atom is -0.326 e. The summed E-state index contributed by atoms with van der Waals surface area (Å²) < 4.78 is 13.1. The summed E-state index contributed by atoms with van der Waals surface area (Å²) in [7, 11) is 0. The summed E-state index contributed by atoms with van der Waals surface area (Å²) in [6.45, 7) is 3.86. The lowest BCUT2D eigenvalue weighted by Gasteiger charge is -2.11. The van der Waals surface area contributed by atoms with E-state index in [-0.39, 0.29) is 28.7 Å². The van der Waals surface area contributed by atoms with Gasteiger partial charge in [0.15, 0.2) is 0 Å². The second kappa shape index (κ2) is 6.84. The maximum Gasteiger partial charge on any atom is 0.228 e. The maximum absolute atomic E-state index is 13.1. The Morgan fingerprint density at radius 1 is 1.04 bits per heavy atom. The minimum absolute atomic E-state index is 0.0575. The molecule has 4 nitrogen and oxygen atoms in total. The summed E-state index contributed by atoms with van der Waals surface area (Å²) in [4.78, 5) is 24.6. The number of hydrogen-bond donors (Lipinski definition) is 2. The second-order valence-electron chi connectivity index (χ2n) is 6.32. The monoisotopic (exact) mass is 360 g/mol. The molecule has 0 spiro atoms. The van der Waals surface area contributed by atoms with Gasteiger partial charge in [-0.15, -0.1) is 0 Å². The van der Waals surface area contributed by atoms with Crippen LogP contribution in [0.3, 0.4) is 0 Å². The predicted molar refractivity (Wildman–Crippen MR) is 96.2 cm³/mol. The van der Waals surface area contributed by atoms with E-state index in [1.807, 2.05) is 32.0 Å². The van der Waals surface area contributed by atoms with E-state index in [1.54, 1.807) is 0 Å². The molecule has 1 aliphatic rings. The molecule has 2 atom stereocenters. The van der Waals surface area contributed by atoms with Crippen molar-refractivity contribution in [3.05, 3.63) is 58.4 Å². The van der Waals surface area contributed by atoms with Crippen LogP contribution in [0.2, 0.25) is 5.02 Å². The van der Waals surface area contributed by atoms with Crippen LogP contribution in [0.15, 0.2) is 36.4 Å². The molecule has 2 amide bonds. The highest BCUT2D eigenvalue weighted by molar-refractivity contribution is 6.31. The summed E-state index contributed by atoms with van der Waals surface area (Å²) in [5, 5.41) is 5.53. The van der Waals surface area contributed by atoms with E-state index in [0.717, 1.165) is 16.8 Å². The molecule has 0 aromatic heterocycles. The highest BCUT2D eigenvalue weighted by Gasteiger charge is 2.48. The molecule has 0 saturated heterocycles. The Morgan fingerprint density at radius 3 is 2.24 bits per heavy atom. The molecule has 2 aromatic carbocycles. The van der Waals surface area contributed by atoms with Crippen molar-refractivity contribution in [1.29, 1.82) is 0 Å². The molecule has 1 fully saturated rings. The zero-order valence-corrected chi connectivity index (χ0v) is 14.7. The molecule has 25 heavy (non-hydrogen) atoms. The van der Waals surface area contributed by atoms with E-state index in [0.29, 0.717) is 12.1 Å². The van der Waals surface area contributed by atoms with Crippen LogP contribution < -0.4 is 10.6 Å². The fraction of sp³-hybridized carbons (Fsp3) is 0.263. The number of carbonyl (C=O) groups excluding carboxylic acids is 2. The number of anilines is 2. The van der Waals surface area contributed by atoms with Crippen LogP contribution in [0.25, 0.3) is 0 Å². The Kier molecular flexibility index (Phi) is 4.77. The van der Waals surface area contributed by atoms with Gasteiger partial charge in [0.2, 0.25) is 11.8 Å². The van der Waals surface area contributed by atoms with Crippen molar-refractivity contribution in [2.75, 3.05) is 10.6 Å². The van der Waals surface area contributed by atoms with Crippen molar-refractivity contribution in [2.24, 2.45) is 11.8 Å². The van der Waals surface area contributed by atoms with Gasteiger partial charge in [0, 0.05) is 11.4 Å². The van der Waals surface area contributed by atoms with Gasteiger partial charge < -0.3 is 10.6 Å². The van der Waals surface area contributed by atoms with Gasteiger partial charge in [-0.2, -0.15) is 0 Å². The lowest BCUT2D eigenvalue weighted by Crippen LogP contribution is -2.21. The first-order valence-electron chi connectivity index (χ1n) is 8.00. The predicted octanol–water partition coefficient (Wildman–Crippen LogP) is 4.31. The van der Waals surface area contributed by atoms with Crippen molar-refractivity contribution >= 4 is 34.8 Å². The van der Waals surface area contributed by atoms with Crippen LogP contribution in [-0.2, 0) is 9.59 Å². The van der Waals surface area contributed by atoms with Crippen LogP contribution in [0.5, 0.6) is 0 Å². The topological polar surface area (TPSA) is 58.2 Å². The zero-order valence-electron chi connectivity index (χ0n) is 13.9. The summed E-state index contributed by atoms with van der Waals surface area (Å²) in [6.07, 6.45) is 0.498. The summed E-state index contributed by atoms with van der Waals surface area (Å²) in [5.41, 5.74) is 3.17. The first-order chi connectivity index (χ1) is 11.9. The van der Waals surface area contributed by atoms with Gasteiger partial charge >= 0.3 is 0 Å². The van der Waals surface area contributed by atoms with Crippen LogP contribution in [0.1, 0.15) is 17.5 Å². The van der Waals surface area contributed by atoms with Gasteiger partial charge in [-0.25, -0.2) is 4.39 Å². The number of nitrogens with one attached hydrogen (secondary N) is 2. The molecule has 0 heterocycles. The summed E-state index contributed by atoms with van der Waals surface area (Å²) >= 11 is 5.70. The van der Waals surface area contributed by atoms with Crippen molar-refractivity contribution in [3.63, 3.8) is 0 Å². The number of benzene rings is 2. The van der Waals surface area contributed by atoms with E-state index in [2.05, 4.69) is 10.6 Å². The molecule has 0 radical (unpaired) electrons. The fourth-order valence-electron chi connectivity index (χ4n) is 2.81. The Labute approximate surface area is 150 Å². The summed E-state index contributed by atoms with van der Waals surface area (Å²) in [5.74, 6) is -1.70. The Morgan fingerprint density at radius 2 is 1.64 bits per heavy atom. The molecule has 2 N–H and O–H groups in total. The SMILES string of the molecule is Cc1cccc(C)c1NC(=O)C1CC1C(=O)Nc1ccc(F)c(Cl)c1. The van der Waals surface area contributed by atoms with Crippen LogP contribution in [0.4, 0.5) is 15.8 Å². The third-order valence-electron chi connectivity index (χ3n) is 4.38. The first-order valence-corrected chi connectivity index (χ1v) is 8.37. The van der Waals surface area contributed by atoms with Crippen molar-refractivity contribution in [1.82, 2.24) is 0 Å². The first kappa shape index (κ1) is 17.4. The van der Waals surface area contributed by atoms with Gasteiger partial charge in [-0.1, -0.05) is 29.8 Å². The molecule has 1 aliphatic carbocycles. The van der Waals surface area contributed by atoms with E-state index in [1.165, 1.54) is 18.2 Å². The Bertz CT molecular complexity index is 833. The molecule has 0 bridgehead atoms. The highest BCUT2D eigenvalue weighted by atomic mass is 35.5. The van der Waals surface area contributed by atoms with E-state index in [9.17, 15) is 14.0 Å². The molecular formula is C19H18ClFN2O2. The van der Waals surface area contributed by atoms with E-state index >= 15 is 0 Å². The third-order valence-corrected chi connectivity index (χ3v) is 4.67. The molecule has 130 valence electrons. The van der Waals surface area contributed by atoms with Crippen molar-refractivity contribution in [2.45, 2.75) is 20.3 Å². The lowest BCUT2D eigenvalue weighted by atomic mass is 10.1. The van der Waals surface area contributed by atoms with Crippen molar-refractivity contribution < 1.29 is 14.0 Å². The average molecular weight is 361 g/mol. The van der Waals surface area contributed by atoms with E-state index in [4.69, 9.17) is 11.6 Å². The Hall–Kier alpha value is -2.40. The molecule has 2 unspecified atom stereocenters. The molecule has 1 saturated carbocycles. The number of para-hydroxylation sites is 1. The number of halogens is 2. The molecule has 0 aliphatic heterocycles. The van der Waals surface area contributed by atoms with Crippen LogP contribution in [-0.4, -0.2) is 11.8 Å². The smallest absolute Gasteiger partial charge is 0.228 e. The van der Waals surface area contributed by atoms with E-state index < -0.39 is 5.82 Å². The van der Waals surface area contributed by atoms with Gasteiger partial charge in [0.1, 0.15) is 5.82 Å². The van der Waals surface area contributed by atoms with Gasteiger partial charge in [-0.3, -0.25) is 9.59 Å². The maximum atomic E-state index is 13.1. The Balaban J connectivity index is 1.60. The standard InChI is InChI=1S/C19H18ClFN2O2/c1-10-4-3-5-11(2)17(10)23-19(25)14-9-13(14)18(24)22-12-6-7-16(21)15(20)8-12/h3-8,13-14H,9H2,1-2H3,(H,22,24)(H,23,25). The fourth-order valence-corrected chi connectivity index (χ4v) is 2.99. The molecule has 3 rings (SSSR count). The number of amides is 2. The van der Waals surface area contributed by atoms with Gasteiger partial charge in [-0.05, 0) is 49.6 Å². The van der Waals surface area contributed by atoms with Crippen LogP contribution in [0, 0.1) is 31.5 Å². The van der Waals surface area contributed by atoms with Gasteiger partial charge in [0.25, 0.3) is 0 Å². The lowest BCUT2D eigenvalue weighted by molar-refractivity contribution is -0.122. The third kappa shape index (κ3) is 3.82. The minimum atomic E-state index is -0.544. The average Bonchev–Trinajstić information content (AvgIpc) is 3.35. The zero-order chi connectivity index (χ0) is 18.1. The number of aryl methyl sites for hydroxylation is 2. The second-order valence-corrected chi connectivity index (χ2v) is 6.73. The summed E-state index contributed by atoms with van der Waals surface area (Å²) in [6, 6.07) is 9.77. The quantitative estimate of drug-likeness (QED) is 0.853. The largest absolute Gasteiger partial charge is 0.326 e. The van der Waals surface area contributed by atoms with Crippen molar-refractivity contribution in [3.8, 4) is 0 Å². The molecule has 6 heteroatoms. The number of hydrogen-bond acceptors (Lipinski definition) is 2. The number of carbonyl (C=O) groups is 2. The molecule has 2 aromatic rings. The number of rotatable bonds is 4. The normalized spacial score (nSPS) is 18.6. The van der Waals surface area contributed by atoms with Gasteiger partial charge in [0.05, 0.1) is 16.9 Å². The highest BCUT2D eigenvalue weighted by Crippen LogP contribution is 2.40. The van der Waals surface area contributed by atoms with Crippen LogP contribution >= 0.6 is 11.6 Å². The molecular weight excluding hydrogens is 343 g/mol.